The fourth-order valence-corrected chi connectivity index (χ4v) is 3.77. The Balaban J connectivity index is 1.80. The number of hydrogen-bond donors (Lipinski definition) is 1. The van der Waals surface area contributed by atoms with Crippen LogP contribution in [0, 0.1) is 0 Å². The van der Waals surface area contributed by atoms with E-state index in [4.69, 9.17) is 9.40 Å². The van der Waals surface area contributed by atoms with Crippen molar-refractivity contribution in [2.75, 3.05) is 19.0 Å². The largest absolute Gasteiger partial charge is 0.467 e. The molecule has 102 valence electrons. The van der Waals surface area contributed by atoms with Crippen molar-refractivity contribution in [3.8, 4) is 0 Å². The molecule has 0 saturated heterocycles. The Morgan fingerprint density at radius 3 is 3.21 bits per heavy atom. The molecular weight excluding hydrogens is 258 g/mol. The molecule has 4 nitrogen and oxygen atoms in total. The lowest BCUT2D eigenvalue weighted by atomic mass is 9.98. The monoisotopic (exact) mass is 277 g/mol. The van der Waals surface area contributed by atoms with E-state index in [0.717, 1.165) is 23.9 Å². The van der Waals surface area contributed by atoms with Crippen molar-refractivity contribution < 1.29 is 4.42 Å². The summed E-state index contributed by atoms with van der Waals surface area (Å²) in [5.41, 5.74) is 1.27. The molecule has 19 heavy (non-hydrogen) atoms. The summed E-state index contributed by atoms with van der Waals surface area (Å²) in [5.74, 6) is 0.973. The van der Waals surface area contributed by atoms with Gasteiger partial charge in [-0.15, -0.1) is 0 Å². The Morgan fingerprint density at radius 2 is 2.47 bits per heavy atom. The summed E-state index contributed by atoms with van der Waals surface area (Å²) in [5, 5.41) is 4.48. The average molecular weight is 277 g/mol. The minimum absolute atomic E-state index is 0.479. The van der Waals surface area contributed by atoms with Gasteiger partial charge in [-0.25, -0.2) is 4.98 Å². The second-order valence-corrected chi connectivity index (χ2v) is 5.99. The van der Waals surface area contributed by atoms with Crippen molar-refractivity contribution in [2.45, 2.75) is 31.8 Å². The van der Waals surface area contributed by atoms with Gasteiger partial charge in [-0.2, -0.15) is 0 Å². The summed E-state index contributed by atoms with van der Waals surface area (Å²) in [6, 6.07) is 4.40. The van der Waals surface area contributed by atoms with Crippen molar-refractivity contribution >= 4 is 16.5 Å². The first-order valence-corrected chi connectivity index (χ1v) is 7.50. The van der Waals surface area contributed by atoms with Crippen molar-refractivity contribution in [3.63, 3.8) is 0 Å². The third-order valence-electron chi connectivity index (χ3n) is 3.59. The Hall–Kier alpha value is -1.33. The van der Waals surface area contributed by atoms with Crippen LogP contribution in [-0.4, -0.2) is 19.1 Å². The first-order chi connectivity index (χ1) is 9.28. The molecule has 1 aliphatic rings. The third-order valence-corrected chi connectivity index (χ3v) is 4.91. The summed E-state index contributed by atoms with van der Waals surface area (Å²) in [6.45, 7) is 0.767. The van der Waals surface area contributed by atoms with E-state index in [-0.39, 0.29) is 0 Å². The molecule has 1 aliphatic carbocycles. The topological polar surface area (TPSA) is 41.3 Å². The van der Waals surface area contributed by atoms with Gasteiger partial charge < -0.3 is 14.6 Å². The van der Waals surface area contributed by atoms with Gasteiger partial charge in [0.1, 0.15) is 5.76 Å². The number of furan rings is 1. The van der Waals surface area contributed by atoms with E-state index in [1.165, 1.54) is 23.4 Å². The van der Waals surface area contributed by atoms with E-state index in [0.29, 0.717) is 6.04 Å². The molecule has 3 rings (SSSR count). The molecule has 0 aromatic carbocycles. The van der Waals surface area contributed by atoms with E-state index >= 15 is 0 Å². The molecule has 2 heterocycles. The van der Waals surface area contributed by atoms with Crippen LogP contribution in [0.1, 0.15) is 35.2 Å². The van der Waals surface area contributed by atoms with Gasteiger partial charge in [0.2, 0.25) is 0 Å². The Morgan fingerprint density at radius 1 is 1.58 bits per heavy atom. The van der Waals surface area contributed by atoms with Gasteiger partial charge in [-0.3, -0.25) is 0 Å². The van der Waals surface area contributed by atoms with Crippen LogP contribution in [-0.2, 0) is 13.0 Å². The van der Waals surface area contributed by atoms with E-state index in [9.17, 15) is 0 Å². The fraction of sp³-hybridized carbons (Fsp3) is 0.500. The standard InChI is InChI=1S/C14H19N3OS/c1-15-11-6-3-7-12-13(11)19-14(16-12)17(2)9-10-5-4-8-18-10/h4-5,8,11,15H,3,6-7,9H2,1-2H3. The Kier molecular flexibility index (Phi) is 3.57. The van der Waals surface area contributed by atoms with Gasteiger partial charge in [0.25, 0.3) is 0 Å². The molecule has 0 fully saturated rings. The van der Waals surface area contributed by atoms with Crippen LogP contribution in [0.4, 0.5) is 5.13 Å². The van der Waals surface area contributed by atoms with Gasteiger partial charge >= 0.3 is 0 Å². The lowest BCUT2D eigenvalue weighted by Gasteiger charge is -2.19. The zero-order chi connectivity index (χ0) is 13.2. The summed E-state index contributed by atoms with van der Waals surface area (Å²) in [7, 11) is 4.10. The molecule has 0 saturated carbocycles. The molecule has 0 amide bonds. The molecule has 2 aromatic rings. The van der Waals surface area contributed by atoms with Crippen molar-refractivity contribution in [1.82, 2.24) is 10.3 Å². The molecular formula is C14H19N3OS. The van der Waals surface area contributed by atoms with E-state index < -0.39 is 0 Å². The minimum atomic E-state index is 0.479. The number of anilines is 1. The van der Waals surface area contributed by atoms with E-state index in [1.54, 1.807) is 6.26 Å². The molecule has 0 radical (unpaired) electrons. The van der Waals surface area contributed by atoms with Gasteiger partial charge in [-0.05, 0) is 38.4 Å². The van der Waals surface area contributed by atoms with Crippen LogP contribution < -0.4 is 10.2 Å². The van der Waals surface area contributed by atoms with Crippen molar-refractivity contribution in [2.24, 2.45) is 0 Å². The number of nitrogens with one attached hydrogen (secondary N) is 1. The maximum atomic E-state index is 5.39. The summed E-state index contributed by atoms with van der Waals surface area (Å²) in [4.78, 5) is 8.37. The maximum Gasteiger partial charge on any atom is 0.185 e. The first-order valence-electron chi connectivity index (χ1n) is 6.68. The van der Waals surface area contributed by atoms with Gasteiger partial charge in [0.15, 0.2) is 5.13 Å². The van der Waals surface area contributed by atoms with Gasteiger partial charge in [-0.1, -0.05) is 11.3 Å². The van der Waals surface area contributed by atoms with Crippen LogP contribution in [0.3, 0.4) is 0 Å². The highest BCUT2D eigenvalue weighted by atomic mass is 32.1. The molecule has 1 N–H and O–H groups in total. The highest BCUT2D eigenvalue weighted by molar-refractivity contribution is 7.15. The highest BCUT2D eigenvalue weighted by Gasteiger charge is 2.24. The number of nitrogens with zero attached hydrogens (tertiary/aromatic N) is 2. The molecule has 5 heteroatoms. The van der Waals surface area contributed by atoms with Crippen LogP contribution in [0.25, 0.3) is 0 Å². The number of aromatic nitrogens is 1. The van der Waals surface area contributed by atoms with Crippen LogP contribution in [0.15, 0.2) is 22.8 Å². The number of rotatable bonds is 4. The van der Waals surface area contributed by atoms with Crippen LogP contribution in [0.5, 0.6) is 0 Å². The highest BCUT2D eigenvalue weighted by Crippen LogP contribution is 2.37. The Bertz CT molecular complexity index is 535. The molecule has 1 unspecified atom stereocenters. The Labute approximate surface area is 117 Å². The minimum Gasteiger partial charge on any atom is -0.467 e. The summed E-state index contributed by atoms with van der Waals surface area (Å²) < 4.78 is 5.39. The van der Waals surface area contributed by atoms with Crippen molar-refractivity contribution in [3.05, 3.63) is 34.7 Å². The predicted octanol–water partition coefficient (Wildman–Crippen LogP) is 2.97. The second kappa shape index (κ2) is 5.35. The quantitative estimate of drug-likeness (QED) is 0.933. The fourth-order valence-electron chi connectivity index (χ4n) is 2.55. The van der Waals surface area contributed by atoms with Gasteiger partial charge in [0, 0.05) is 18.0 Å². The van der Waals surface area contributed by atoms with E-state index in [1.807, 2.05) is 30.5 Å². The molecule has 2 aromatic heterocycles. The molecule has 0 aliphatic heterocycles. The number of aryl methyl sites for hydroxylation is 1. The van der Waals surface area contributed by atoms with E-state index in [2.05, 4.69) is 17.3 Å². The average Bonchev–Trinajstić information content (AvgIpc) is 3.06. The van der Waals surface area contributed by atoms with Crippen LogP contribution in [0.2, 0.25) is 0 Å². The van der Waals surface area contributed by atoms with Crippen LogP contribution >= 0.6 is 11.3 Å². The lowest BCUT2D eigenvalue weighted by molar-refractivity contribution is 0.500. The number of thiazole rings is 1. The third kappa shape index (κ3) is 2.53. The lowest BCUT2D eigenvalue weighted by Crippen LogP contribution is -2.19. The first kappa shape index (κ1) is 12.7. The zero-order valence-electron chi connectivity index (χ0n) is 11.3. The number of fused-ring (bicyclic) bond motifs is 1. The SMILES string of the molecule is CNC1CCCc2nc(N(C)Cc3ccco3)sc21. The smallest absolute Gasteiger partial charge is 0.185 e. The summed E-state index contributed by atoms with van der Waals surface area (Å²) in [6.07, 6.45) is 5.27. The summed E-state index contributed by atoms with van der Waals surface area (Å²) >= 11 is 1.81. The molecule has 0 bridgehead atoms. The molecule has 0 spiro atoms. The zero-order valence-corrected chi connectivity index (χ0v) is 12.2. The maximum absolute atomic E-state index is 5.39. The number of hydrogen-bond acceptors (Lipinski definition) is 5. The van der Waals surface area contributed by atoms with Gasteiger partial charge in [0.05, 0.1) is 18.5 Å². The molecule has 1 atom stereocenters. The van der Waals surface area contributed by atoms with Crippen molar-refractivity contribution in [1.29, 1.82) is 0 Å². The second-order valence-electron chi connectivity index (χ2n) is 4.98. The predicted molar refractivity (Wildman–Crippen MR) is 77.7 cm³/mol. The normalized spacial score (nSPS) is 18.3.